The average molecular weight is 564 g/mol. The van der Waals surface area contributed by atoms with Crippen molar-refractivity contribution in [1.82, 2.24) is 20.6 Å². The van der Waals surface area contributed by atoms with E-state index >= 15 is 0 Å². The minimum atomic E-state index is -1.56. The zero-order valence-electron chi connectivity index (χ0n) is 20.0. The van der Waals surface area contributed by atoms with Crippen molar-refractivity contribution >= 4 is 57.6 Å². The predicted octanol–water partition coefficient (Wildman–Crippen LogP) is 2.93. The van der Waals surface area contributed by atoms with Gasteiger partial charge in [-0.1, -0.05) is 34.5 Å². The van der Waals surface area contributed by atoms with Crippen LogP contribution in [0.25, 0.3) is 0 Å². The van der Waals surface area contributed by atoms with E-state index in [2.05, 4.69) is 20.6 Å². The van der Waals surface area contributed by atoms with Gasteiger partial charge in [0.25, 0.3) is 11.8 Å². The third kappa shape index (κ3) is 6.40. The van der Waals surface area contributed by atoms with Crippen LogP contribution in [0.5, 0.6) is 5.06 Å². The highest BCUT2D eigenvalue weighted by molar-refractivity contribution is 7.17. The quantitative estimate of drug-likeness (QED) is 0.337. The van der Waals surface area contributed by atoms with E-state index in [1.807, 2.05) is 4.90 Å². The third-order valence-corrected chi connectivity index (χ3v) is 7.60. The lowest BCUT2D eigenvalue weighted by Gasteiger charge is -2.37. The van der Waals surface area contributed by atoms with E-state index in [0.29, 0.717) is 35.4 Å². The number of halogens is 2. The van der Waals surface area contributed by atoms with Crippen molar-refractivity contribution in [3.8, 4) is 5.06 Å². The molecule has 15 heteroatoms. The number of thiazole rings is 1. The number of aromatic amines is 1. The van der Waals surface area contributed by atoms with E-state index in [9.17, 15) is 14.4 Å². The van der Waals surface area contributed by atoms with E-state index in [1.54, 1.807) is 13.8 Å². The maximum Gasteiger partial charge on any atom is 0.512 e. The smallest absolute Gasteiger partial charge is 0.449 e. The second-order valence-corrected chi connectivity index (χ2v) is 9.79. The molecular weight excluding hydrogens is 537 g/mol. The number of H-pyrrole nitrogens is 1. The van der Waals surface area contributed by atoms with Crippen LogP contribution in [-0.2, 0) is 9.47 Å². The number of rotatable bonds is 9. The van der Waals surface area contributed by atoms with Crippen molar-refractivity contribution in [3.05, 3.63) is 27.1 Å². The molecule has 2 amide bonds. The van der Waals surface area contributed by atoms with Gasteiger partial charge in [-0.15, -0.1) is 0 Å². The molecule has 2 aromatic heterocycles. The Morgan fingerprint density at radius 2 is 2.00 bits per heavy atom. The first-order valence-corrected chi connectivity index (χ1v) is 12.5. The number of amides is 2. The summed E-state index contributed by atoms with van der Waals surface area (Å²) in [5, 5.41) is 15.3. The lowest BCUT2D eigenvalue weighted by Crippen LogP contribution is -2.55. The van der Waals surface area contributed by atoms with Crippen LogP contribution in [-0.4, -0.2) is 85.1 Å². The van der Waals surface area contributed by atoms with E-state index in [-0.39, 0.29) is 40.2 Å². The maximum atomic E-state index is 12.8. The van der Waals surface area contributed by atoms with Crippen LogP contribution in [0.15, 0.2) is 0 Å². The van der Waals surface area contributed by atoms with Gasteiger partial charge in [0.2, 0.25) is 5.06 Å². The first kappa shape index (κ1) is 28.0. The van der Waals surface area contributed by atoms with Crippen LogP contribution < -0.4 is 20.3 Å². The van der Waals surface area contributed by atoms with Crippen molar-refractivity contribution in [2.45, 2.75) is 38.5 Å². The Hall–Kier alpha value is -2.58. The molecule has 3 rings (SSSR count). The summed E-state index contributed by atoms with van der Waals surface area (Å²) in [6.45, 7) is 4.46. The highest BCUT2D eigenvalue weighted by Crippen LogP contribution is 2.35. The number of carboxylic acid groups (broad SMARTS) is 1. The van der Waals surface area contributed by atoms with Gasteiger partial charge in [-0.3, -0.25) is 9.59 Å². The van der Waals surface area contributed by atoms with E-state index in [1.165, 1.54) is 14.2 Å². The topological polar surface area (TPSA) is 155 Å². The Balaban J connectivity index is 1.73. The van der Waals surface area contributed by atoms with Crippen LogP contribution in [0, 0.1) is 6.92 Å². The van der Waals surface area contributed by atoms with Gasteiger partial charge in [0.1, 0.15) is 5.69 Å². The highest BCUT2D eigenvalue weighted by Gasteiger charge is 2.34. The lowest BCUT2D eigenvalue weighted by atomic mass is 10.0. The van der Waals surface area contributed by atoms with Gasteiger partial charge in [0.05, 0.1) is 28.3 Å². The van der Waals surface area contributed by atoms with Gasteiger partial charge >= 0.3 is 6.16 Å². The number of piperidine rings is 1. The molecule has 0 radical (unpaired) electrons. The molecule has 4 N–H and O–H groups in total. The fourth-order valence-electron chi connectivity index (χ4n) is 3.59. The number of nitrogens with zero attached hydrogens (tertiary/aromatic N) is 2. The fourth-order valence-corrected chi connectivity index (χ4v) is 4.95. The summed E-state index contributed by atoms with van der Waals surface area (Å²) in [6, 6.07) is -0.342. The van der Waals surface area contributed by atoms with Gasteiger partial charge < -0.3 is 39.8 Å². The minimum absolute atomic E-state index is 0.140. The summed E-state index contributed by atoms with van der Waals surface area (Å²) < 4.78 is 15.5. The first-order valence-electron chi connectivity index (χ1n) is 10.9. The van der Waals surface area contributed by atoms with Crippen molar-refractivity contribution < 1.29 is 33.7 Å². The van der Waals surface area contributed by atoms with Crippen LogP contribution in [0.2, 0.25) is 10.0 Å². The van der Waals surface area contributed by atoms with Crippen molar-refractivity contribution in [2.75, 3.05) is 38.8 Å². The normalized spacial score (nSPS) is 18.6. The Labute approximate surface area is 221 Å². The molecule has 0 spiro atoms. The minimum Gasteiger partial charge on any atom is -0.449 e. The summed E-state index contributed by atoms with van der Waals surface area (Å²) in [4.78, 5) is 45.6. The Bertz CT molecular complexity index is 1120. The number of aryl methyl sites for hydroxylation is 1. The molecule has 1 fully saturated rings. The molecule has 3 atom stereocenters. The number of nitrogens with one attached hydrogen (secondary N) is 3. The number of ether oxygens (including phenoxy) is 3. The standard InChI is InChI=1S/C21H27Cl2N5O7S/c1-9(33-3)7-24-17(29)16-19(35-21(31)32)36-20(27-16)28-6-5-11(12(8-28)34-4)26-18(30)15-14(23)13(22)10(2)25-15/h9,11-12,25H,5-8H2,1-4H3,(H,24,29)(H,26,30)(H,31,32)/t9-,11-,12+/m1/s1. The summed E-state index contributed by atoms with van der Waals surface area (Å²) in [5.74, 6) is -0.994. The SMILES string of the molecule is CO[C@H](C)CNC(=O)c1nc(N2CC[C@@H](NC(=O)c3[nH]c(C)c(Cl)c3Cl)[C@@H](OC)C2)sc1OC(=O)O. The summed E-state index contributed by atoms with van der Waals surface area (Å²) in [6.07, 6.45) is -1.75. The number of anilines is 1. The summed E-state index contributed by atoms with van der Waals surface area (Å²) >= 11 is 13.2. The van der Waals surface area contributed by atoms with Crippen LogP contribution in [0.1, 0.15) is 40.0 Å². The van der Waals surface area contributed by atoms with Crippen LogP contribution >= 0.6 is 34.5 Å². The van der Waals surface area contributed by atoms with Crippen LogP contribution in [0.3, 0.4) is 0 Å². The second kappa shape index (κ2) is 12.1. The third-order valence-electron chi connectivity index (χ3n) is 5.66. The number of hydrogen-bond donors (Lipinski definition) is 4. The van der Waals surface area contributed by atoms with E-state index in [0.717, 1.165) is 11.3 Å². The Morgan fingerprint density at radius 1 is 1.28 bits per heavy atom. The van der Waals surface area contributed by atoms with Crippen molar-refractivity contribution in [3.63, 3.8) is 0 Å². The average Bonchev–Trinajstić information content (AvgIpc) is 3.38. The van der Waals surface area contributed by atoms with Gasteiger partial charge in [-0.25, -0.2) is 9.78 Å². The Morgan fingerprint density at radius 3 is 2.58 bits per heavy atom. The number of methoxy groups -OCH3 is 2. The van der Waals surface area contributed by atoms with E-state index in [4.69, 9.17) is 42.5 Å². The number of carbonyl (C=O) groups is 3. The van der Waals surface area contributed by atoms with Gasteiger partial charge in [0.15, 0.2) is 10.8 Å². The molecule has 0 aromatic carbocycles. The molecule has 36 heavy (non-hydrogen) atoms. The largest absolute Gasteiger partial charge is 0.512 e. The summed E-state index contributed by atoms with van der Waals surface area (Å²) in [5.41, 5.74) is 0.619. The number of aromatic nitrogens is 2. The highest BCUT2D eigenvalue weighted by atomic mass is 35.5. The predicted molar refractivity (Wildman–Crippen MR) is 134 cm³/mol. The molecule has 1 aliphatic rings. The lowest BCUT2D eigenvalue weighted by molar-refractivity contribution is 0.0540. The number of hydrogen-bond acceptors (Lipinski definition) is 9. The number of carbonyl (C=O) groups excluding carboxylic acids is 2. The zero-order valence-corrected chi connectivity index (χ0v) is 22.3. The van der Waals surface area contributed by atoms with Gasteiger partial charge in [-0.05, 0) is 20.3 Å². The molecule has 12 nitrogen and oxygen atoms in total. The maximum absolute atomic E-state index is 12.8. The van der Waals surface area contributed by atoms with Crippen LogP contribution in [0.4, 0.5) is 9.93 Å². The molecule has 0 aliphatic carbocycles. The second-order valence-electron chi connectivity index (χ2n) is 8.10. The molecular formula is C21H27Cl2N5O7S. The molecule has 0 saturated carbocycles. The monoisotopic (exact) mass is 563 g/mol. The van der Waals surface area contributed by atoms with Crippen molar-refractivity contribution in [1.29, 1.82) is 0 Å². The molecule has 198 valence electrons. The van der Waals surface area contributed by atoms with Gasteiger partial charge in [-0.2, -0.15) is 0 Å². The van der Waals surface area contributed by atoms with E-state index < -0.39 is 24.1 Å². The summed E-state index contributed by atoms with van der Waals surface area (Å²) in [7, 11) is 3.03. The molecule has 1 aliphatic heterocycles. The van der Waals surface area contributed by atoms with Crippen molar-refractivity contribution in [2.24, 2.45) is 0 Å². The molecule has 0 unspecified atom stereocenters. The fraction of sp³-hybridized carbons (Fsp3) is 0.524. The Kier molecular flexibility index (Phi) is 9.41. The first-order chi connectivity index (χ1) is 17.0. The molecule has 3 heterocycles. The molecule has 2 aromatic rings. The molecule has 0 bridgehead atoms. The molecule has 1 saturated heterocycles. The zero-order chi connectivity index (χ0) is 26.6. The van der Waals surface area contributed by atoms with Gasteiger partial charge in [0, 0.05) is 39.5 Å².